The van der Waals surface area contributed by atoms with Crippen LogP contribution in [0.4, 0.5) is 5.69 Å². The summed E-state index contributed by atoms with van der Waals surface area (Å²) in [6, 6.07) is 18.9. The zero-order valence-corrected chi connectivity index (χ0v) is 18.2. The number of pyridine rings is 1. The summed E-state index contributed by atoms with van der Waals surface area (Å²) in [4.78, 5) is 25.0. The third kappa shape index (κ3) is 4.78. The molecule has 164 valence electrons. The molecule has 0 saturated carbocycles. The van der Waals surface area contributed by atoms with Gasteiger partial charge in [0, 0.05) is 18.3 Å². The van der Waals surface area contributed by atoms with E-state index < -0.39 is 15.7 Å². The van der Waals surface area contributed by atoms with E-state index in [0.29, 0.717) is 11.3 Å². The van der Waals surface area contributed by atoms with E-state index in [1.807, 2.05) is 13.0 Å². The van der Waals surface area contributed by atoms with Crippen LogP contribution in [0.3, 0.4) is 0 Å². The quantitative estimate of drug-likeness (QED) is 0.466. The van der Waals surface area contributed by atoms with Crippen LogP contribution in [0.25, 0.3) is 5.65 Å². The fraction of sp³-hybridized carbons (Fsp3) is 0.174. The summed E-state index contributed by atoms with van der Waals surface area (Å²) in [5, 5.41) is 7.03. The van der Waals surface area contributed by atoms with Gasteiger partial charge in [-0.15, -0.1) is 5.10 Å². The van der Waals surface area contributed by atoms with Crippen LogP contribution in [-0.4, -0.2) is 34.3 Å². The first-order valence-corrected chi connectivity index (χ1v) is 11.7. The Morgan fingerprint density at radius 3 is 2.56 bits per heavy atom. The normalized spacial score (nSPS) is 11.5. The molecule has 2 aromatic heterocycles. The van der Waals surface area contributed by atoms with Crippen molar-refractivity contribution < 1.29 is 13.2 Å². The topological polar surface area (TPSA) is 103 Å². The monoisotopic (exact) mass is 450 g/mol. The maximum absolute atomic E-state index is 12.4. The van der Waals surface area contributed by atoms with Crippen molar-refractivity contribution >= 4 is 27.1 Å². The largest absolute Gasteiger partial charge is 0.350 e. The van der Waals surface area contributed by atoms with Gasteiger partial charge >= 0.3 is 5.69 Å². The predicted molar refractivity (Wildman–Crippen MR) is 121 cm³/mol. The summed E-state index contributed by atoms with van der Waals surface area (Å²) in [7, 11) is -3.54. The molecule has 0 spiro atoms. The Balaban J connectivity index is 1.41. The van der Waals surface area contributed by atoms with E-state index in [1.54, 1.807) is 66.9 Å². The molecule has 9 heteroatoms. The molecule has 32 heavy (non-hydrogen) atoms. The number of carbonyl (C=O) groups excluding carboxylic acids is 1. The Hall–Kier alpha value is -3.72. The highest BCUT2D eigenvalue weighted by atomic mass is 32.2. The molecule has 4 aromatic rings. The van der Waals surface area contributed by atoms with Gasteiger partial charge in [-0.3, -0.25) is 9.20 Å². The standard InChI is InChI=1S/C23H22N4O4S/c1-17-8-10-20(11-9-17)32(30,31)14-12-22(28)24-19-6-4-5-18(15-19)16-27-23(29)26-13-3-2-7-21(26)25-27/h2-11,13,15H,12,14,16H2,1H3,(H,24,28). The minimum Gasteiger partial charge on any atom is -0.326 e. The summed E-state index contributed by atoms with van der Waals surface area (Å²) >= 11 is 0. The van der Waals surface area contributed by atoms with E-state index in [2.05, 4.69) is 10.4 Å². The minimum atomic E-state index is -3.54. The second kappa shape index (κ2) is 8.80. The SMILES string of the molecule is Cc1ccc(S(=O)(=O)CCC(=O)Nc2cccc(Cn3nc4ccccn4c3=O)c2)cc1. The Kier molecular flexibility index (Phi) is 5.91. The van der Waals surface area contributed by atoms with Crippen LogP contribution in [0.1, 0.15) is 17.5 Å². The van der Waals surface area contributed by atoms with E-state index in [1.165, 1.54) is 9.08 Å². The summed E-state index contributed by atoms with van der Waals surface area (Å²) in [6.45, 7) is 2.12. The zero-order chi connectivity index (χ0) is 22.7. The number of anilines is 1. The van der Waals surface area contributed by atoms with Gasteiger partial charge in [-0.05, 0) is 48.9 Å². The predicted octanol–water partition coefficient (Wildman–Crippen LogP) is 2.66. The first-order valence-electron chi connectivity index (χ1n) is 10.0. The van der Waals surface area contributed by atoms with Crippen LogP contribution in [0.15, 0.2) is 82.6 Å². The number of nitrogens with one attached hydrogen (secondary N) is 1. The molecule has 0 aliphatic rings. The smallest absolute Gasteiger partial charge is 0.326 e. The van der Waals surface area contributed by atoms with Crippen molar-refractivity contribution in [1.29, 1.82) is 0 Å². The van der Waals surface area contributed by atoms with Crippen molar-refractivity contribution in [2.45, 2.75) is 24.8 Å². The number of benzene rings is 2. The second-order valence-corrected chi connectivity index (χ2v) is 9.61. The van der Waals surface area contributed by atoms with Crippen LogP contribution in [0.2, 0.25) is 0 Å². The van der Waals surface area contributed by atoms with Gasteiger partial charge < -0.3 is 5.32 Å². The first-order chi connectivity index (χ1) is 15.3. The number of hydrogen-bond acceptors (Lipinski definition) is 5. The maximum atomic E-state index is 12.4. The van der Waals surface area contributed by atoms with Crippen LogP contribution >= 0.6 is 0 Å². The highest BCUT2D eigenvalue weighted by molar-refractivity contribution is 7.91. The van der Waals surface area contributed by atoms with Gasteiger partial charge in [0.1, 0.15) is 0 Å². The first kappa shape index (κ1) is 21.5. The summed E-state index contributed by atoms with van der Waals surface area (Å²) < 4.78 is 27.7. The number of amides is 1. The van der Waals surface area contributed by atoms with Gasteiger partial charge in [-0.25, -0.2) is 17.9 Å². The minimum absolute atomic E-state index is 0.160. The lowest BCUT2D eigenvalue weighted by Gasteiger charge is -2.08. The van der Waals surface area contributed by atoms with Crippen LogP contribution < -0.4 is 11.0 Å². The van der Waals surface area contributed by atoms with Gasteiger partial charge in [-0.2, -0.15) is 0 Å². The Bertz CT molecular complexity index is 1440. The molecular formula is C23H22N4O4S. The number of hydrogen-bond donors (Lipinski definition) is 1. The lowest BCUT2D eigenvalue weighted by atomic mass is 10.2. The molecule has 8 nitrogen and oxygen atoms in total. The van der Waals surface area contributed by atoms with Gasteiger partial charge in [0.2, 0.25) is 5.91 Å². The third-order valence-electron chi connectivity index (χ3n) is 5.01. The fourth-order valence-electron chi connectivity index (χ4n) is 3.31. The van der Waals surface area contributed by atoms with Gasteiger partial charge in [0.25, 0.3) is 0 Å². The molecule has 1 N–H and O–H groups in total. The van der Waals surface area contributed by atoms with Crippen molar-refractivity contribution in [3.63, 3.8) is 0 Å². The molecule has 0 bridgehead atoms. The average Bonchev–Trinajstić information content (AvgIpc) is 3.08. The summed E-state index contributed by atoms with van der Waals surface area (Å²) in [6.07, 6.45) is 1.49. The number of sulfone groups is 1. The molecule has 4 rings (SSSR count). The molecule has 0 atom stereocenters. The van der Waals surface area contributed by atoms with E-state index in [-0.39, 0.29) is 29.3 Å². The Morgan fingerprint density at radius 1 is 1.03 bits per heavy atom. The molecule has 0 fully saturated rings. The van der Waals surface area contributed by atoms with Crippen molar-refractivity contribution in [3.05, 3.63) is 94.5 Å². The van der Waals surface area contributed by atoms with E-state index in [9.17, 15) is 18.0 Å². The molecule has 0 radical (unpaired) electrons. The van der Waals surface area contributed by atoms with Gasteiger partial charge in [0.15, 0.2) is 15.5 Å². The van der Waals surface area contributed by atoms with Crippen molar-refractivity contribution in [2.24, 2.45) is 0 Å². The van der Waals surface area contributed by atoms with Crippen molar-refractivity contribution in [3.8, 4) is 0 Å². The fourth-order valence-corrected chi connectivity index (χ4v) is 4.55. The maximum Gasteiger partial charge on any atom is 0.350 e. The summed E-state index contributed by atoms with van der Waals surface area (Å²) in [5.41, 5.74) is 2.57. The number of fused-ring (bicyclic) bond motifs is 1. The highest BCUT2D eigenvalue weighted by Gasteiger charge is 2.16. The highest BCUT2D eigenvalue weighted by Crippen LogP contribution is 2.15. The number of rotatable bonds is 7. The van der Waals surface area contributed by atoms with E-state index in [4.69, 9.17) is 0 Å². The molecule has 0 aliphatic heterocycles. The average molecular weight is 451 g/mol. The molecule has 1 amide bonds. The molecule has 0 unspecified atom stereocenters. The molecule has 2 aromatic carbocycles. The lowest BCUT2D eigenvalue weighted by Crippen LogP contribution is -2.21. The Morgan fingerprint density at radius 2 is 1.81 bits per heavy atom. The molecule has 2 heterocycles. The van der Waals surface area contributed by atoms with Crippen LogP contribution in [0.5, 0.6) is 0 Å². The molecule has 0 saturated heterocycles. The number of nitrogens with zero attached hydrogens (tertiary/aromatic N) is 3. The van der Waals surface area contributed by atoms with Crippen molar-refractivity contribution in [1.82, 2.24) is 14.2 Å². The third-order valence-corrected chi connectivity index (χ3v) is 6.74. The van der Waals surface area contributed by atoms with Crippen LogP contribution in [-0.2, 0) is 21.2 Å². The van der Waals surface area contributed by atoms with E-state index in [0.717, 1.165) is 11.1 Å². The molecular weight excluding hydrogens is 428 g/mol. The van der Waals surface area contributed by atoms with E-state index >= 15 is 0 Å². The van der Waals surface area contributed by atoms with Crippen molar-refractivity contribution in [2.75, 3.05) is 11.1 Å². The van der Waals surface area contributed by atoms with Gasteiger partial charge in [-0.1, -0.05) is 35.9 Å². The summed E-state index contributed by atoms with van der Waals surface area (Å²) in [5.74, 6) is -0.680. The zero-order valence-electron chi connectivity index (χ0n) is 17.4. The Labute approximate surface area is 185 Å². The lowest BCUT2D eigenvalue weighted by molar-refractivity contribution is -0.115. The second-order valence-electron chi connectivity index (χ2n) is 7.50. The number of aryl methyl sites for hydroxylation is 1. The number of carbonyl (C=O) groups is 1. The van der Waals surface area contributed by atoms with Crippen LogP contribution in [0, 0.1) is 6.92 Å². The van der Waals surface area contributed by atoms with Gasteiger partial charge in [0.05, 0.1) is 17.2 Å². The molecule has 0 aliphatic carbocycles. The number of aromatic nitrogens is 3.